The molecule has 0 amide bonds. The number of benzene rings is 2. The van der Waals surface area contributed by atoms with E-state index in [9.17, 15) is 0 Å². The Labute approximate surface area is 130 Å². The minimum absolute atomic E-state index is 0.285. The Kier molecular flexibility index (Phi) is 7.30. The fraction of sp³-hybridized carbons (Fsp3) is 0.0667. The zero-order valence-electron chi connectivity index (χ0n) is 10.2. The molecule has 2 rings (SSSR count). The van der Waals surface area contributed by atoms with Gasteiger partial charge in [-0.3, -0.25) is 0 Å². The lowest BCUT2D eigenvalue weighted by molar-refractivity contribution is 0.361. The largest absolute Gasteiger partial charge is 0.507 e. The third-order valence-electron chi connectivity index (χ3n) is 2.05. The number of aromatic hydroxyl groups is 1. The Morgan fingerprint density at radius 2 is 1.58 bits per heavy atom. The van der Waals surface area contributed by atoms with Gasteiger partial charge in [0.1, 0.15) is 18.1 Å². The van der Waals surface area contributed by atoms with Crippen LogP contribution < -0.4 is 4.74 Å². The van der Waals surface area contributed by atoms with Gasteiger partial charge in [-0.05, 0) is 56.1 Å². The van der Waals surface area contributed by atoms with Gasteiger partial charge < -0.3 is 9.84 Å². The van der Waals surface area contributed by atoms with Gasteiger partial charge in [-0.2, -0.15) is 0 Å². The highest BCUT2D eigenvalue weighted by atomic mass is 79.9. The Balaban J connectivity index is 0.000000200. The van der Waals surface area contributed by atoms with Gasteiger partial charge in [-0.25, -0.2) is 0 Å². The summed E-state index contributed by atoms with van der Waals surface area (Å²) in [6.45, 7) is 4.11. The number of hydrogen-bond acceptors (Lipinski definition) is 2. The van der Waals surface area contributed by atoms with Gasteiger partial charge >= 0.3 is 0 Å². The molecule has 2 aromatic rings. The van der Waals surface area contributed by atoms with Crippen LogP contribution in [0.2, 0.25) is 0 Å². The van der Waals surface area contributed by atoms with E-state index in [0.29, 0.717) is 6.61 Å². The zero-order chi connectivity index (χ0) is 14.1. The van der Waals surface area contributed by atoms with Crippen molar-refractivity contribution in [3.8, 4) is 11.5 Å². The molecule has 0 bridgehead atoms. The topological polar surface area (TPSA) is 29.5 Å². The van der Waals surface area contributed by atoms with E-state index < -0.39 is 0 Å². The van der Waals surface area contributed by atoms with E-state index in [4.69, 9.17) is 9.84 Å². The van der Waals surface area contributed by atoms with E-state index in [1.54, 1.807) is 24.3 Å². The molecule has 0 aromatic heterocycles. The summed E-state index contributed by atoms with van der Waals surface area (Å²) in [4.78, 5) is 0. The fourth-order valence-corrected chi connectivity index (χ4v) is 1.85. The van der Waals surface area contributed by atoms with Crippen LogP contribution in [-0.2, 0) is 0 Å². The van der Waals surface area contributed by atoms with Crippen molar-refractivity contribution in [1.29, 1.82) is 0 Å². The molecule has 0 spiro atoms. The quantitative estimate of drug-likeness (QED) is 0.738. The molecule has 1 N–H and O–H groups in total. The molecule has 0 aliphatic carbocycles. The average Bonchev–Trinajstić information content (AvgIpc) is 2.42. The number of phenolic OH excluding ortho intramolecular Hbond substituents is 1. The third-order valence-corrected chi connectivity index (χ3v) is 3.37. The molecule has 0 atom stereocenters. The minimum atomic E-state index is 0.285. The van der Waals surface area contributed by atoms with Crippen LogP contribution in [0, 0.1) is 0 Å². The molecule has 0 aliphatic heterocycles. The lowest BCUT2D eigenvalue weighted by atomic mass is 10.3. The number of rotatable bonds is 3. The van der Waals surface area contributed by atoms with Gasteiger partial charge in [0.2, 0.25) is 0 Å². The number of phenols is 1. The highest BCUT2D eigenvalue weighted by Crippen LogP contribution is 2.23. The second-order valence-corrected chi connectivity index (χ2v) is 5.19. The van der Waals surface area contributed by atoms with Crippen molar-refractivity contribution in [3.05, 3.63) is 70.1 Å². The monoisotopic (exact) mass is 384 g/mol. The maximum atomic E-state index is 8.87. The van der Waals surface area contributed by atoms with Crippen LogP contribution in [0.5, 0.6) is 11.5 Å². The van der Waals surface area contributed by atoms with Crippen LogP contribution in [0.4, 0.5) is 0 Å². The lowest BCUT2D eigenvalue weighted by Crippen LogP contribution is -1.92. The first-order valence-electron chi connectivity index (χ1n) is 5.57. The standard InChI is InChI=1S/C9H9BrO.C6H5BrO/c1-2-7-11-9-6-4-3-5-8(9)10;7-5-3-1-2-4-6(5)8/h2-6H,1,7H2;1-4,8H. The van der Waals surface area contributed by atoms with Crippen LogP contribution in [0.1, 0.15) is 0 Å². The molecule has 19 heavy (non-hydrogen) atoms. The Morgan fingerprint density at radius 1 is 1.00 bits per heavy atom. The normalized spacial score (nSPS) is 9.16. The van der Waals surface area contributed by atoms with Crippen molar-refractivity contribution in [2.45, 2.75) is 0 Å². The van der Waals surface area contributed by atoms with E-state index >= 15 is 0 Å². The molecule has 4 heteroatoms. The van der Waals surface area contributed by atoms with Crippen molar-refractivity contribution >= 4 is 31.9 Å². The summed E-state index contributed by atoms with van der Waals surface area (Å²) in [7, 11) is 0. The minimum Gasteiger partial charge on any atom is -0.507 e. The Bertz CT molecular complexity index is 506. The molecule has 2 nitrogen and oxygen atoms in total. The lowest BCUT2D eigenvalue weighted by Gasteiger charge is -2.03. The molecule has 100 valence electrons. The van der Waals surface area contributed by atoms with E-state index in [-0.39, 0.29) is 5.75 Å². The molecule has 0 saturated heterocycles. The van der Waals surface area contributed by atoms with Crippen LogP contribution in [0.15, 0.2) is 70.1 Å². The number of halogens is 2. The summed E-state index contributed by atoms with van der Waals surface area (Å²) in [5.41, 5.74) is 0. The Morgan fingerprint density at radius 3 is 2.05 bits per heavy atom. The first-order valence-corrected chi connectivity index (χ1v) is 7.15. The van der Waals surface area contributed by atoms with Gasteiger partial charge in [-0.15, -0.1) is 0 Å². The van der Waals surface area contributed by atoms with Gasteiger partial charge in [-0.1, -0.05) is 36.9 Å². The average molecular weight is 386 g/mol. The summed E-state index contributed by atoms with van der Waals surface area (Å²) in [6.07, 6.45) is 1.72. The molecular weight excluding hydrogens is 372 g/mol. The summed E-state index contributed by atoms with van der Waals surface area (Å²) in [5, 5.41) is 8.87. The van der Waals surface area contributed by atoms with Crippen LogP contribution in [0.3, 0.4) is 0 Å². The maximum absolute atomic E-state index is 8.87. The highest BCUT2D eigenvalue weighted by Gasteiger charge is 1.95. The van der Waals surface area contributed by atoms with E-state index in [0.717, 1.165) is 14.7 Å². The fourth-order valence-electron chi connectivity index (χ4n) is 1.16. The molecule has 0 unspecified atom stereocenters. The van der Waals surface area contributed by atoms with E-state index in [2.05, 4.69) is 38.4 Å². The number of hydrogen-bond donors (Lipinski definition) is 1. The molecule has 0 radical (unpaired) electrons. The first-order chi connectivity index (χ1) is 9.15. The van der Waals surface area contributed by atoms with Gasteiger partial charge in [0.15, 0.2) is 0 Å². The summed E-state index contributed by atoms with van der Waals surface area (Å²) in [5.74, 6) is 1.14. The number of ether oxygens (including phenoxy) is 1. The van der Waals surface area contributed by atoms with Crippen molar-refractivity contribution in [3.63, 3.8) is 0 Å². The summed E-state index contributed by atoms with van der Waals surface area (Å²) >= 11 is 6.51. The third kappa shape index (κ3) is 5.94. The van der Waals surface area contributed by atoms with Gasteiger partial charge in [0.25, 0.3) is 0 Å². The zero-order valence-corrected chi connectivity index (χ0v) is 13.4. The van der Waals surface area contributed by atoms with Crippen LogP contribution in [0.25, 0.3) is 0 Å². The van der Waals surface area contributed by atoms with Crippen molar-refractivity contribution in [2.75, 3.05) is 6.61 Å². The van der Waals surface area contributed by atoms with Crippen LogP contribution in [-0.4, -0.2) is 11.7 Å². The smallest absolute Gasteiger partial charge is 0.133 e. The highest BCUT2D eigenvalue weighted by molar-refractivity contribution is 9.10. The van der Waals surface area contributed by atoms with Crippen molar-refractivity contribution in [1.82, 2.24) is 0 Å². The van der Waals surface area contributed by atoms with E-state index in [1.807, 2.05) is 30.3 Å². The molecule has 2 aromatic carbocycles. The first kappa shape index (κ1) is 15.8. The molecule has 0 heterocycles. The number of para-hydroxylation sites is 2. The molecule has 0 saturated carbocycles. The van der Waals surface area contributed by atoms with Crippen LogP contribution >= 0.6 is 31.9 Å². The predicted octanol–water partition coefficient (Wildman–Crippen LogP) is 5.17. The predicted molar refractivity (Wildman–Crippen MR) is 85.6 cm³/mol. The summed E-state index contributed by atoms with van der Waals surface area (Å²) < 4.78 is 7.03. The second-order valence-electron chi connectivity index (χ2n) is 3.48. The maximum Gasteiger partial charge on any atom is 0.133 e. The summed E-state index contributed by atoms with van der Waals surface area (Å²) in [6, 6.07) is 14.8. The van der Waals surface area contributed by atoms with Crippen molar-refractivity contribution < 1.29 is 9.84 Å². The second kappa shape index (κ2) is 8.77. The Hall–Kier alpha value is -1.26. The van der Waals surface area contributed by atoms with E-state index in [1.165, 1.54) is 0 Å². The van der Waals surface area contributed by atoms with Crippen molar-refractivity contribution in [2.24, 2.45) is 0 Å². The van der Waals surface area contributed by atoms with Gasteiger partial charge in [0.05, 0.1) is 8.95 Å². The SMILES string of the molecule is C=CCOc1ccccc1Br.Oc1ccccc1Br. The molecule has 0 fully saturated rings. The van der Waals surface area contributed by atoms with Gasteiger partial charge in [0, 0.05) is 0 Å². The molecule has 0 aliphatic rings. The molecular formula is C15H14Br2O2.